The van der Waals surface area contributed by atoms with Gasteiger partial charge in [0.15, 0.2) is 0 Å². The molecule has 0 amide bonds. The van der Waals surface area contributed by atoms with Gasteiger partial charge in [0.2, 0.25) is 0 Å². The topological polar surface area (TPSA) is 23.5 Å². The normalized spacial score (nSPS) is 13.4. The summed E-state index contributed by atoms with van der Waals surface area (Å²) in [6.07, 6.45) is 6.85. The third kappa shape index (κ3) is 3.23. The molecule has 2 aromatic carbocycles. The second kappa shape index (κ2) is 6.37. The van der Waals surface area contributed by atoms with Crippen molar-refractivity contribution in [3.63, 3.8) is 0 Å². The summed E-state index contributed by atoms with van der Waals surface area (Å²) < 4.78 is 0. The lowest BCUT2D eigenvalue weighted by atomic mass is 9.93. The molecule has 1 N–H and O–H groups in total. The summed E-state index contributed by atoms with van der Waals surface area (Å²) in [5.74, 6) is 0.339. The van der Waals surface area contributed by atoms with Crippen LogP contribution in [0.5, 0.6) is 5.75 Å². The van der Waals surface area contributed by atoms with Crippen LogP contribution < -0.4 is 0 Å². The van der Waals surface area contributed by atoms with E-state index in [2.05, 4.69) is 49.2 Å². The highest BCUT2D eigenvalue weighted by atomic mass is 16.3. The van der Waals surface area contributed by atoms with Gasteiger partial charge in [-0.05, 0) is 66.8 Å². The van der Waals surface area contributed by atoms with Gasteiger partial charge in [-0.2, -0.15) is 0 Å². The molecule has 0 heterocycles. The molecule has 0 unspecified atom stereocenters. The first-order valence-electron chi connectivity index (χ1n) is 7.88. The number of hydrogen-bond acceptors (Lipinski definition) is 2. The largest absolute Gasteiger partial charge is 0.508 e. The Kier molecular flexibility index (Phi) is 4.30. The average Bonchev–Trinajstić information content (AvgIpc) is 2.50. The van der Waals surface area contributed by atoms with Gasteiger partial charge in [-0.15, -0.1) is 0 Å². The summed E-state index contributed by atoms with van der Waals surface area (Å²) in [5.41, 5.74) is 6.67. The number of phenols is 1. The molecule has 0 saturated heterocycles. The molecule has 114 valence electrons. The standard InChI is InChI=1S/C20H23NO/c1-15-12-19(22)11-10-17(15)13-21(2)14-18-8-5-7-16-6-3-4-9-20(16)18/h4-5,7-12,22H,3,6,13-14H2,1-2H3. The highest BCUT2D eigenvalue weighted by Gasteiger charge is 2.11. The lowest BCUT2D eigenvalue weighted by molar-refractivity contribution is 0.318. The van der Waals surface area contributed by atoms with E-state index in [1.807, 2.05) is 12.1 Å². The van der Waals surface area contributed by atoms with Gasteiger partial charge in [-0.25, -0.2) is 0 Å². The third-order valence-electron chi connectivity index (χ3n) is 4.36. The van der Waals surface area contributed by atoms with Gasteiger partial charge in [-0.3, -0.25) is 4.90 Å². The average molecular weight is 293 g/mol. The number of fused-ring (bicyclic) bond motifs is 1. The first kappa shape index (κ1) is 14.9. The second-order valence-corrected chi connectivity index (χ2v) is 6.21. The molecule has 0 atom stereocenters. The minimum absolute atomic E-state index is 0.339. The zero-order valence-corrected chi connectivity index (χ0v) is 13.3. The van der Waals surface area contributed by atoms with Crippen LogP contribution in [0.3, 0.4) is 0 Å². The van der Waals surface area contributed by atoms with E-state index in [0.717, 1.165) is 31.5 Å². The molecule has 0 spiro atoms. The molecule has 0 radical (unpaired) electrons. The second-order valence-electron chi connectivity index (χ2n) is 6.21. The van der Waals surface area contributed by atoms with Gasteiger partial charge in [0, 0.05) is 13.1 Å². The summed E-state index contributed by atoms with van der Waals surface area (Å²) >= 11 is 0. The van der Waals surface area contributed by atoms with Gasteiger partial charge in [0.05, 0.1) is 0 Å². The van der Waals surface area contributed by atoms with Gasteiger partial charge >= 0.3 is 0 Å². The molecule has 2 nitrogen and oxygen atoms in total. The van der Waals surface area contributed by atoms with Crippen LogP contribution in [0.1, 0.15) is 34.2 Å². The Morgan fingerprint density at radius 2 is 1.91 bits per heavy atom. The van der Waals surface area contributed by atoms with Crippen LogP contribution in [-0.2, 0) is 19.5 Å². The molecule has 1 aliphatic rings. The summed E-state index contributed by atoms with van der Waals surface area (Å²) in [5, 5.41) is 9.52. The predicted octanol–water partition coefficient (Wildman–Crippen LogP) is 4.29. The number of hydrogen-bond donors (Lipinski definition) is 1. The summed E-state index contributed by atoms with van der Waals surface area (Å²) in [7, 11) is 2.15. The van der Waals surface area contributed by atoms with Crippen LogP contribution >= 0.6 is 0 Å². The molecule has 22 heavy (non-hydrogen) atoms. The summed E-state index contributed by atoms with van der Waals surface area (Å²) in [6, 6.07) is 12.3. The number of phenolic OH excluding ortho intramolecular Hbond substituents is 1. The van der Waals surface area contributed by atoms with Crippen molar-refractivity contribution in [1.82, 2.24) is 4.90 Å². The minimum Gasteiger partial charge on any atom is -0.508 e. The fourth-order valence-electron chi connectivity index (χ4n) is 3.17. The molecule has 0 bridgehead atoms. The van der Waals surface area contributed by atoms with Crippen molar-refractivity contribution in [2.24, 2.45) is 0 Å². The maximum Gasteiger partial charge on any atom is 0.115 e. The smallest absolute Gasteiger partial charge is 0.115 e. The van der Waals surface area contributed by atoms with E-state index >= 15 is 0 Å². The lowest BCUT2D eigenvalue weighted by Gasteiger charge is -2.21. The van der Waals surface area contributed by atoms with Crippen molar-refractivity contribution >= 4 is 6.08 Å². The minimum atomic E-state index is 0.339. The van der Waals surface area contributed by atoms with Gasteiger partial charge in [0.1, 0.15) is 5.75 Å². The van der Waals surface area contributed by atoms with Gasteiger partial charge in [0.25, 0.3) is 0 Å². The van der Waals surface area contributed by atoms with Crippen molar-refractivity contribution in [3.05, 3.63) is 70.3 Å². The van der Waals surface area contributed by atoms with E-state index in [1.54, 1.807) is 6.07 Å². The number of benzene rings is 2. The van der Waals surface area contributed by atoms with E-state index in [9.17, 15) is 5.11 Å². The Hall–Kier alpha value is -2.06. The van der Waals surface area contributed by atoms with E-state index in [4.69, 9.17) is 0 Å². The highest BCUT2D eigenvalue weighted by molar-refractivity contribution is 5.60. The molecule has 2 aromatic rings. The number of rotatable bonds is 4. The monoisotopic (exact) mass is 293 g/mol. The van der Waals surface area contributed by atoms with Crippen molar-refractivity contribution in [3.8, 4) is 5.75 Å². The Bertz CT molecular complexity index is 703. The molecule has 0 aliphatic heterocycles. The van der Waals surface area contributed by atoms with Crippen LogP contribution in [0.25, 0.3) is 6.08 Å². The van der Waals surface area contributed by atoms with Crippen LogP contribution in [0.15, 0.2) is 42.5 Å². The quantitative estimate of drug-likeness (QED) is 0.909. The third-order valence-corrected chi connectivity index (χ3v) is 4.36. The van der Waals surface area contributed by atoms with Crippen LogP contribution in [0.4, 0.5) is 0 Å². The van der Waals surface area contributed by atoms with E-state index in [-0.39, 0.29) is 0 Å². The SMILES string of the molecule is Cc1cc(O)ccc1CN(C)Cc1cccc2c1C=CCC2. The van der Waals surface area contributed by atoms with Crippen molar-refractivity contribution < 1.29 is 5.11 Å². The summed E-state index contributed by atoms with van der Waals surface area (Å²) in [4.78, 5) is 2.33. The highest BCUT2D eigenvalue weighted by Crippen LogP contribution is 2.24. The maximum atomic E-state index is 9.52. The molecular formula is C20H23NO. The Morgan fingerprint density at radius 1 is 1.09 bits per heavy atom. The number of allylic oxidation sites excluding steroid dienone is 1. The van der Waals surface area contributed by atoms with Crippen LogP contribution in [-0.4, -0.2) is 17.1 Å². The Balaban J connectivity index is 1.75. The first-order chi connectivity index (χ1) is 10.6. The Labute approximate surface area is 132 Å². The van der Waals surface area contributed by atoms with Crippen LogP contribution in [0, 0.1) is 6.92 Å². The van der Waals surface area contributed by atoms with E-state index < -0.39 is 0 Å². The predicted molar refractivity (Wildman–Crippen MR) is 91.8 cm³/mol. The lowest BCUT2D eigenvalue weighted by Crippen LogP contribution is -2.19. The molecule has 2 heteroatoms. The molecule has 1 aliphatic carbocycles. The van der Waals surface area contributed by atoms with Crippen molar-refractivity contribution in [2.75, 3.05) is 7.05 Å². The van der Waals surface area contributed by atoms with E-state index in [1.165, 1.54) is 22.3 Å². The fourth-order valence-corrected chi connectivity index (χ4v) is 3.17. The molecular weight excluding hydrogens is 270 g/mol. The summed E-state index contributed by atoms with van der Waals surface area (Å²) in [6.45, 7) is 3.88. The zero-order chi connectivity index (χ0) is 15.5. The maximum absolute atomic E-state index is 9.52. The van der Waals surface area contributed by atoms with Crippen molar-refractivity contribution in [2.45, 2.75) is 32.9 Å². The van der Waals surface area contributed by atoms with Crippen molar-refractivity contribution in [1.29, 1.82) is 0 Å². The molecule has 0 fully saturated rings. The van der Waals surface area contributed by atoms with Crippen LogP contribution in [0.2, 0.25) is 0 Å². The molecule has 0 saturated carbocycles. The first-order valence-corrected chi connectivity index (χ1v) is 7.88. The number of nitrogens with zero attached hydrogens (tertiary/aromatic N) is 1. The fraction of sp³-hybridized carbons (Fsp3) is 0.300. The van der Waals surface area contributed by atoms with E-state index in [0.29, 0.717) is 5.75 Å². The van der Waals surface area contributed by atoms with Gasteiger partial charge in [-0.1, -0.05) is 36.4 Å². The molecule has 3 rings (SSSR count). The number of aryl methyl sites for hydroxylation is 2. The number of aromatic hydroxyl groups is 1. The molecule has 0 aromatic heterocycles. The zero-order valence-electron chi connectivity index (χ0n) is 13.3. The Morgan fingerprint density at radius 3 is 2.73 bits per heavy atom. The van der Waals surface area contributed by atoms with Gasteiger partial charge < -0.3 is 5.11 Å².